The zero-order chi connectivity index (χ0) is 13.9. The predicted molar refractivity (Wildman–Crippen MR) is 83.0 cm³/mol. The number of fused-ring (bicyclic) bond motifs is 1. The van der Waals surface area contributed by atoms with Gasteiger partial charge in [0.1, 0.15) is 0 Å². The average molecular weight is 272 g/mol. The number of ether oxygens (including phenoxy) is 1. The van der Waals surface area contributed by atoms with Crippen LogP contribution in [0.1, 0.15) is 30.5 Å². The number of aromatic nitrogens is 1. The first-order valence-corrected chi connectivity index (χ1v) is 7.60. The molecule has 0 atom stereocenters. The van der Waals surface area contributed by atoms with E-state index in [9.17, 15) is 0 Å². The summed E-state index contributed by atoms with van der Waals surface area (Å²) in [6.07, 6.45) is 3.74. The lowest BCUT2D eigenvalue weighted by molar-refractivity contribution is 0.190. The van der Waals surface area contributed by atoms with Gasteiger partial charge in [-0.1, -0.05) is 18.2 Å². The van der Waals surface area contributed by atoms with Gasteiger partial charge >= 0.3 is 0 Å². The third-order valence-corrected chi connectivity index (χ3v) is 4.24. The van der Waals surface area contributed by atoms with E-state index in [4.69, 9.17) is 4.74 Å². The Morgan fingerprint density at radius 3 is 2.85 bits per heavy atom. The van der Waals surface area contributed by atoms with Crippen LogP contribution in [0.3, 0.4) is 0 Å². The maximum absolute atomic E-state index is 5.18. The van der Waals surface area contributed by atoms with Crippen LogP contribution in [0.15, 0.2) is 24.3 Å². The van der Waals surface area contributed by atoms with E-state index in [1.165, 1.54) is 35.0 Å². The minimum Gasteiger partial charge on any atom is -0.385 e. The molecule has 1 aliphatic rings. The molecule has 1 aromatic carbocycles. The Labute approximate surface area is 120 Å². The Morgan fingerprint density at radius 1 is 1.30 bits per heavy atom. The zero-order valence-electron chi connectivity index (χ0n) is 12.5. The van der Waals surface area contributed by atoms with Crippen molar-refractivity contribution in [1.82, 2.24) is 9.88 Å². The van der Waals surface area contributed by atoms with Crippen LogP contribution >= 0.6 is 0 Å². The SMILES string of the molecule is COCCCn1c(C)c(CNC2CC2)c2ccccc21. The first-order chi connectivity index (χ1) is 9.81. The number of nitrogens with one attached hydrogen (secondary N) is 1. The molecule has 20 heavy (non-hydrogen) atoms. The average Bonchev–Trinajstić information content (AvgIpc) is 3.25. The van der Waals surface area contributed by atoms with Gasteiger partial charge in [-0.3, -0.25) is 0 Å². The second-order valence-electron chi connectivity index (χ2n) is 5.73. The molecule has 3 nitrogen and oxygen atoms in total. The second kappa shape index (κ2) is 5.98. The van der Waals surface area contributed by atoms with E-state index in [1.54, 1.807) is 7.11 Å². The summed E-state index contributed by atoms with van der Waals surface area (Å²) < 4.78 is 7.63. The third-order valence-electron chi connectivity index (χ3n) is 4.24. The van der Waals surface area contributed by atoms with Crippen LogP contribution in [0.25, 0.3) is 10.9 Å². The standard InChI is InChI=1S/C17H24N2O/c1-13-16(12-18-14-8-9-14)15-6-3-4-7-17(15)19(13)10-5-11-20-2/h3-4,6-7,14,18H,5,8-12H2,1-2H3. The topological polar surface area (TPSA) is 26.2 Å². The molecule has 1 N–H and O–H groups in total. The van der Waals surface area contributed by atoms with Gasteiger partial charge in [0.2, 0.25) is 0 Å². The number of methoxy groups -OCH3 is 1. The number of hydrogen-bond acceptors (Lipinski definition) is 2. The molecular weight excluding hydrogens is 248 g/mol. The Balaban J connectivity index is 1.89. The summed E-state index contributed by atoms with van der Waals surface area (Å²) in [5, 5.41) is 5.05. The molecule has 1 saturated carbocycles. The van der Waals surface area contributed by atoms with Gasteiger partial charge in [0.05, 0.1) is 0 Å². The van der Waals surface area contributed by atoms with Crippen molar-refractivity contribution in [3.8, 4) is 0 Å². The van der Waals surface area contributed by atoms with Gasteiger partial charge < -0.3 is 14.6 Å². The van der Waals surface area contributed by atoms with Crippen molar-refractivity contribution in [2.24, 2.45) is 0 Å². The highest BCUT2D eigenvalue weighted by molar-refractivity contribution is 5.85. The van der Waals surface area contributed by atoms with Gasteiger partial charge in [-0.25, -0.2) is 0 Å². The normalized spacial score (nSPS) is 15.1. The molecule has 0 unspecified atom stereocenters. The van der Waals surface area contributed by atoms with Crippen LogP contribution < -0.4 is 5.32 Å². The number of hydrogen-bond donors (Lipinski definition) is 1. The van der Waals surface area contributed by atoms with Crippen molar-refractivity contribution in [3.63, 3.8) is 0 Å². The summed E-state index contributed by atoms with van der Waals surface area (Å²) in [6.45, 7) is 5.09. The van der Waals surface area contributed by atoms with E-state index in [-0.39, 0.29) is 0 Å². The van der Waals surface area contributed by atoms with Crippen LogP contribution in [-0.2, 0) is 17.8 Å². The molecule has 2 aromatic rings. The minimum absolute atomic E-state index is 0.755. The molecule has 0 radical (unpaired) electrons. The van der Waals surface area contributed by atoms with Gasteiger partial charge in [0, 0.05) is 49.4 Å². The van der Waals surface area contributed by atoms with Crippen molar-refractivity contribution in [2.75, 3.05) is 13.7 Å². The number of nitrogens with zero attached hydrogens (tertiary/aromatic N) is 1. The Morgan fingerprint density at radius 2 is 2.10 bits per heavy atom. The van der Waals surface area contributed by atoms with Gasteiger partial charge in [-0.15, -0.1) is 0 Å². The van der Waals surface area contributed by atoms with E-state index in [0.29, 0.717) is 0 Å². The lowest BCUT2D eigenvalue weighted by Gasteiger charge is -2.08. The molecule has 3 heteroatoms. The molecule has 108 valence electrons. The summed E-state index contributed by atoms with van der Waals surface area (Å²) in [7, 11) is 1.77. The molecule has 0 bridgehead atoms. The summed E-state index contributed by atoms with van der Waals surface area (Å²) in [4.78, 5) is 0. The van der Waals surface area contributed by atoms with E-state index in [2.05, 4.69) is 41.1 Å². The molecular formula is C17H24N2O. The maximum atomic E-state index is 5.18. The van der Waals surface area contributed by atoms with Crippen molar-refractivity contribution < 1.29 is 4.74 Å². The molecule has 3 rings (SSSR count). The second-order valence-corrected chi connectivity index (χ2v) is 5.73. The number of aryl methyl sites for hydroxylation is 1. The Hall–Kier alpha value is -1.32. The van der Waals surface area contributed by atoms with E-state index < -0.39 is 0 Å². The number of rotatable bonds is 7. The zero-order valence-corrected chi connectivity index (χ0v) is 12.5. The van der Waals surface area contributed by atoms with Gasteiger partial charge in [0.15, 0.2) is 0 Å². The van der Waals surface area contributed by atoms with Crippen LogP contribution in [0.2, 0.25) is 0 Å². The van der Waals surface area contributed by atoms with Gasteiger partial charge in [0.25, 0.3) is 0 Å². The van der Waals surface area contributed by atoms with Crippen LogP contribution in [0.4, 0.5) is 0 Å². The summed E-state index contributed by atoms with van der Waals surface area (Å²) in [5.41, 5.74) is 4.22. The van der Waals surface area contributed by atoms with Crippen molar-refractivity contribution in [3.05, 3.63) is 35.5 Å². The fourth-order valence-corrected chi connectivity index (χ4v) is 2.91. The van der Waals surface area contributed by atoms with Crippen molar-refractivity contribution in [1.29, 1.82) is 0 Å². The smallest absolute Gasteiger partial charge is 0.0485 e. The highest BCUT2D eigenvalue weighted by Gasteiger charge is 2.21. The van der Waals surface area contributed by atoms with Gasteiger partial charge in [-0.2, -0.15) is 0 Å². The minimum atomic E-state index is 0.755. The first kappa shape index (κ1) is 13.7. The molecule has 1 aliphatic carbocycles. The lowest BCUT2D eigenvalue weighted by Crippen LogP contribution is -2.16. The molecule has 0 amide bonds. The summed E-state index contributed by atoms with van der Waals surface area (Å²) in [5.74, 6) is 0. The number of para-hydroxylation sites is 1. The fourth-order valence-electron chi connectivity index (χ4n) is 2.91. The number of benzene rings is 1. The van der Waals surface area contributed by atoms with Crippen LogP contribution in [0, 0.1) is 6.92 Å². The Kier molecular flexibility index (Phi) is 4.08. The molecule has 0 saturated heterocycles. The highest BCUT2D eigenvalue weighted by Crippen LogP contribution is 2.27. The van der Waals surface area contributed by atoms with E-state index >= 15 is 0 Å². The first-order valence-electron chi connectivity index (χ1n) is 7.60. The highest BCUT2D eigenvalue weighted by atomic mass is 16.5. The monoisotopic (exact) mass is 272 g/mol. The van der Waals surface area contributed by atoms with Crippen molar-refractivity contribution in [2.45, 2.75) is 45.3 Å². The molecule has 1 aromatic heterocycles. The Bertz CT molecular complexity index is 584. The van der Waals surface area contributed by atoms with E-state index in [1.807, 2.05) is 0 Å². The van der Waals surface area contributed by atoms with Gasteiger partial charge in [-0.05, 0) is 37.8 Å². The quantitative estimate of drug-likeness (QED) is 0.783. The maximum Gasteiger partial charge on any atom is 0.0485 e. The third kappa shape index (κ3) is 2.74. The largest absolute Gasteiger partial charge is 0.385 e. The molecule has 1 heterocycles. The van der Waals surface area contributed by atoms with Crippen LogP contribution in [-0.4, -0.2) is 24.3 Å². The summed E-state index contributed by atoms with van der Waals surface area (Å²) in [6, 6.07) is 9.51. The molecule has 0 spiro atoms. The van der Waals surface area contributed by atoms with Crippen molar-refractivity contribution >= 4 is 10.9 Å². The molecule has 1 fully saturated rings. The fraction of sp³-hybridized carbons (Fsp3) is 0.529. The summed E-state index contributed by atoms with van der Waals surface area (Å²) >= 11 is 0. The van der Waals surface area contributed by atoms with Crippen LogP contribution in [0.5, 0.6) is 0 Å². The predicted octanol–water partition coefficient (Wildman–Crippen LogP) is 3.24. The van der Waals surface area contributed by atoms with E-state index in [0.717, 1.165) is 32.2 Å². The lowest BCUT2D eigenvalue weighted by atomic mass is 10.1. The molecule has 0 aliphatic heterocycles.